The molecule has 0 unspecified atom stereocenters. The Morgan fingerprint density at radius 3 is 2.46 bits per heavy atom. The predicted molar refractivity (Wildman–Crippen MR) is 105 cm³/mol. The average Bonchev–Trinajstić information content (AvgIpc) is 3.28. The Morgan fingerprint density at radius 2 is 1.82 bits per heavy atom. The van der Waals surface area contributed by atoms with E-state index in [2.05, 4.69) is 5.32 Å². The molecule has 0 saturated carbocycles. The van der Waals surface area contributed by atoms with Crippen LogP contribution in [0.3, 0.4) is 0 Å². The number of rotatable bonds is 7. The molecule has 2 amide bonds. The number of carbonyl (C=O) groups is 3. The van der Waals surface area contributed by atoms with Gasteiger partial charge in [0.25, 0.3) is 0 Å². The van der Waals surface area contributed by atoms with Crippen molar-refractivity contribution in [2.45, 2.75) is 45.1 Å². The summed E-state index contributed by atoms with van der Waals surface area (Å²) in [5, 5.41) is 2.93. The Hall–Kier alpha value is -2.89. The lowest BCUT2D eigenvalue weighted by molar-refractivity contribution is -0.130. The van der Waals surface area contributed by atoms with E-state index >= 15 is 0 Å². The quantitative estimate of drug-likeness (QED) is 0.747. The summed E-state index contributed by atoms with van der Waals surface area (Å²) >= 11 is 0. The Kier molecular flexibility index (Phi) is 6.29. The standard InChI is InChI=1S/C22H26N2O4/c1-15-11-12-21(28-15)18-13-24(14-19(18)23-16(2)25)22(27)10-6-9-20(26)17-7-4-3-5-8-17/h3-5,7-8,11-12,18-19H,6,9-10,13-14H2,1-2H3,(H,23,25)/t18-,19-/m1/s1. The zero-order valence-corrected chi connectivity index (χ0v) is 16.3. The zero-order chi connectivity index (χ0) is 20.1. The highest BCUT2D eigenvalue weighted by molar-refractivity contribution is 5.96. The van der Waals surface area contributed by atoms with Gasteiger partial charge in [-0.05, 0) is 25.5 Å². The number of benzene rings is 1. The molecule has 6 nitrogen and oxygen atoms in total. The number of aryl methyl sites for hydroxylation is 1. The molecule has 1 aromatic heterocycles. The van der Waals surface area contributed by atoms with Gasteiger partial charge in [-0.1, -0.05) is 30.3 Å². The molecule has 2 aromatic rings. The van der Waals surface area contributed by atoms with Crippen LogP contribution < -0.4 is 5.32 Å². The second-order valence-electron chi connectivity index (χ2n) is 7.30. The predicted octanol–water partition coefficient (Wildman–Crippen LogP) is 3.07. The Bertz CT molecular complexity index is 843. The van der Waals surface area contributed by atoms with Crippen LogP contribution in [0.5, 0.6) is 0 Å². The first-order valence-corrected chi connectivity index (χ1v) is 9.63. The lowest BCUT2D eigenvalue weighted by Crippen LogP contribution is -2.39. The molecule has 1 aliphatic rings. The molecule has 6 heteroatoms. The van der Waals surface area contributed by atoms with Gasteiger partial charge >= 0.3 is 0 Å². The monoisotopic (exact) mass is 382 g/mol. The van der Waals surface area contributed by atoms with Crippen molar-refractivity contribution in [3.05, 3.63) is 59.5 Å². The van der Waals surface area contributed by atoms with E-state index in [0.717, 1.165) is 11.5 Å². The van der Waals surface area contributed by atoms with E-state index < -0.39 is 0 Å². The van der Waals surface area contributed by atoms with Gasteiger partial charge in [-0.15, -0.1) is 0 Å². The van der Waals surface area contributed by atoms with Gasteiger partial charge < -0.3 is 14.6 Å². The molecule has 3 rings (SSSR count). The summed E-state index contributed by atoms with van der Waals surface area (Å²) in [6.45, 7) is 4.31. The lowest BCUT2D eigenvalue weighted by atomic mass is 10.0. The number of ketones is 1. The number of amides is 2. The molecule has 2 heterocycles. The maximum absolute atomic E-state index is 12.6. The van der Waals surface area contributed by atoms with Gasteiger partial charge in [0.15, 0.2) is 5.78 Å². The van der Waals surface area contributed by atoms with E-state index in [1.807, 2.05) is 37.3 Å². The minimum atomic E-state index is -0.169. The van der Waals surface area contributed by atoms with Crippen molar-refractivity contribution in [3.8, 4) is 0 Å². The first-order valence-electron chi connectivity index (χ1n) is 9.63. The van der Waals surface area contributed by atoms with Gasteiger partial charge in [0, 0.05) is 38.4 Å². The molecule has 1 aromatic carbocycles. The van der Waals surface area contributed by atoms with Crippen molar-refractivity contribution < 1.29 is 18.8 Å². The van der Waals surface area contributed by atoms with Crippen LogP contribution in [0.25, 0.3) is 0 Å². The second kappa shape index (κ2) is 8.87. The number of nitrogens with zero attached hydrogens (tertiary/aromatic N) is 1. The van der Waals surface area contributed by atoms with Crippen LogP contribution in [-0.4, -0.2) is 41.6 Å². The van der Waals surface area contributed by atoms with E-state index in [1.54, 1.807) is 17.0 Å². The van der Waals surface area contributed by atoms with E-state index in [0.29, 0.717) is 37.9 Å². The number of hydrogen-bond donors (Lipinski definition) is 1. The smallest absolute Gasteiger partial charge is 0.222 e. The van der Waals surface area contributed by atoms with Gasteiger partial charge in [-0.25, -0.2) is 0 Å². The number of carbonyl (C=O) groups excluding carboxylic acids is 3. The summed E-state index contributed by atoms with van der Waals surface area (Å²) in [5.41, 5.74) is 0.676. The minimum Gasteiger partial charge on any atom is -0.466 e. The molecular weight excluding hydrogens is 356 g/mol. The molecular formula is C22H26N2O4. The van der Waals surface area contributed by atoms with E-state index in [9.17, 15) is 14.4 Å². The first kappa shape index (κ1) is 19.9. The molecule has 148 valence electrons. The molecule has 1 fully saturated rings. The van der Waals surface area contributed by atoms with Gasteiger partial charge in [0.05, 0.1) is 12.0 Å². The normalized spacial score (nSPS) is 18.9. The summed E-state index contributed by atoms with van der Waals surface area (Å²) in [6.07, 6.45) is 1.17. The summed E-state index contributed by atoms with van der Waals surface area (Å²) < 4.78 is 5.73. The molecule has 28 heavy (non-hydrogen) atoms. The molecule has 0 radical (unpaired) electrons. The number of hydrogen-bond acceptors (Lipinski definition) is 4. The van der Waals surface area contributed by atoms with Gasteiger partial charge in [0.1, 0.15) is 11.5 Å². The third-order valence-electron chi connectivity index (χ3n) is 5.08. The van der Waals surface area contributed by atoms with Gasteiger partial charge in [-0.3, -0.25) is 14.4 Å². The fourth-order valence-electron chi connectivity index (χ4n) is 3.68. The van der Waals surface area contributed by atoms with Crippen molar-refractivity contribution in [2.75, 3.05) is 13.1 Å². The minimum absolute atomic E-state index is 0.00184. The van der Waals surface area contributed by atoms with Gasteiger partial charge in [0.2, 0.25) is 11.8 Å². The SMILES string of the molecule is CC(=O)N[C@@H]1CN(C(=O)CCCC(=O)c2ccccc2)C[C@H]1c1ccc(C)o1. The van der Waals surface area contributed by atoms with Crippen LogP contribution in [0.2, 0.25) is 0 Å². The first-order chi connectivity index (χ1) is 13.4. The van der Waals surface area contributed by atoms with E-state index in [4.69, 9.17) is 4.42 Å². The zero-order valence-electron chi connectivity index (χ0n) is 16.3. The maximum atomic E-state index is 12.6. The molecule has 0 aliphatic carbocycles. The van der Waals surface area contributed by atoms with Crippen molar-refractivity contribution in [2.24, 2.45) is 0 Å². The van der Waals surface area contributed by atoms with Crippen LogP contribution in [0.1, 0.15) is 54.0 Å². The van der Waals surface area contributed by atoms with E-state index in [1.165, 1.54) is 6.92 Å². The number of likely N-dealkylation sites (tertiary alicyclic amines) is 1. The highest BCUT2D eigenvalue weighted by atomic mass is 16.3. The molecule has 0 bridgehead atoms. The number of furan rings is 1. The fraction of sp³-hybridized carbons (Fsp3) is 0.409. The highest BCUT2D eigenvalue weighted by Gasteiger charge is 2.38. The van der Waals surface area contributed by atoms with Gasteiger partial charge in [-0.2, -0.15) is 0 Å². The summed E-state index contributed by atoms with van der Waals surface area (Å²) in [4.78, 5) is 38.1. The van der Waals surface area contributed by atoms with Crippen LogP contribution >= 0.6 is 0 Å². The number of nitrogens with one attached hydrogen (secondary N) is 1. The van der Waals surface area contributed by atoms with Crippen LogP contribution in [-0.2, 0) is 9.59 Å². The van der Waals surface area contributed by atoms with Crippen molar-refractivity contribution in [1.82, 2.24) is 10.2 Å². The average molecular weight is 382 g/mol. The Morgan fingerprint density at radius 1 is 1.07 bits per heavy atom. The third-order valence-corrected chi connectivity index (χ3v) is 5.08. The van der Waals surface area contributed by atoms with Crippen molar-refractivity contribution >= 4 is 17.6 Å². The topological polar surface area (TPSA) is 79.6 Å². The highest BCUT2D eigenvalue weighted by Crippen LogP contribution is 2.29. The number of Topliss-reactive ketones (excluding diaryl/α,β-unsaturated/α-hetero) is 1. The maximum Gasteiger partial charge on any atom is 0.222 e. The van der Waals surface area contributed by atoms with E-state index in [-0.39, 0.29) is 29.6 Å². The van der Waals surface area contributed by atoms with Crippen LogP contribution in [0.4, 0.5) is 0 Å². The van der Waals surface area contributed by atoms with Crippen LogP contribution in [0.15, 0.2) is 46.9 Å². The summed E-state index contributed by atoms with van der Waals surface area (Å²) in [5.74, 6) is 1.46. The van der Waals surface area contributed by atoms with Crippen molar-refractivity contribution in [3.63, 3.8) is 0 Å². The van der Waals surface area contributed by atoms with Crippen LogP contribution in [0, 0.1) is 6.92 Å². The molecule has 2 atom stereocenters. The third kappa shape index (κ3) is 4.88. The van der Waals surface area contributed by atoms with Crippen molar-refractivity contribution in [1.29, 1.82) is 0 Å². The summed E-state index contributed by atoms with van der Waals surface area (Å²) in [7, 11) is 0. The fourth-order valence-corrected chi connectivity index (χ4v) is 3.68. The molecule has 1 N–H and O–H groups in total. The Balaban J connectivity index is 1.56. The molecule has 1 saturated heterocycles. The lowest BCUT2D eigenvalue weighted by Gasteiger charge is -2.17. The molecule has 0 spiro atoms. The summed E-state index contributed by atoms with van der Waals surface area (Å²) in [6, 6.07) is 12.7. The Labute approximate surface area is 164 Å². The molecule has 1 aliphatic heterocycles. The second-order valence-corrected chi connectivity index (χ2v) is 7.30. The largest absolute Gasteiger partial charge is 0.466 e.